The molecule has 0 fully saturated rings. The van der Waals surface area contributed by atoms with Crippen LogP contribution in [0.15, 0.2) is 65.3 Å². The monoisotopic (exact) mass is 355 g/mol. The number of fused-ring (bicyclic) bond motifs is 1. The molecule has 0 spiro atoms. The highest BCUT2D eigenvalue weighted by atomic mass is 79.9. The molecule has 110 valence electrons. The topological polar surface area (TPSA) is 31.2 Å². The number of aryl methyl sites for hydroxylation is 1. The quantitative estimate of drug-likeness (QED) is 0.391. The first-order chi connectivity index (χ1) is 10.6. The highest BCUT2D eigenvalue weighted by Gasteiger charge is 2.03. The molecule has 0 aliphatic heterocycles. The molecule has 0 N–H and O–H groups in total. The van der Waals surface area contributed by atoms with Crippen molar-refractivity contribution in [2.75, 3.05) is 0 Å². The van der Waals surface area contributed by atoms with Gasteiger partial charge in [-0.25, -0.2) is 4.79 Å². The standard InChI is InChI=1S/C18H14BrNO2/c1-20-10-2-3-16(20)7-9-18(21)22-17-8-5-13-11-15(19)6-4-14(13)12-17/h2-12H,1H3/b9-7+. The van der Waals surface area contributed by atoms with E-state index in [0.29, 0.717) is 5.75 Å². The molecule has 0 amide bonds. The lowest BCUT2D eigenvalue weighted by atomic mass is 10.1. The molecule has 4 heteroatoms. The van der Waals surface area contributed by atoms with Crippen molar-refractivity contribution in [2.24, 2.45) is 7.05 Å². The summed E-state index contributed by atoms with van der Waals surface area (Å²) >= 11 is 3.44. The number of carbonyl (C=O) groups excluding carboxylic acids is 1. The first kappa shape index (κ1) is 14.6. The smallest absolute Gasteiger partial charge is 0.336 e. The molecule has 2 aromatic carbocycles. The number of hydrogen-bond acceptors (Lipinski definition) is 2. The fourth-order valence-electron chi connectivity index (χ4n) is 2.21. The molecule has 22 heavy (non-hydrogen) atoms. The van der Waals surface area contributed by atoms with Crippen LogP contribution in [0.1, 0.15) is 5.69 Å². The summed E-state index contributed by atoms with van der Waals surface area (Å²) in [7, 11) is 1.92. The number of benzene rings is 2. The van der Waals surface area contributed by atoms with Gasteiger partial charge in [-0.3, -0.25) is 0 Å². The number of halogens is 1. The lowest BCUT2D eigenvalue weighted by molar-refractivity contribution is -0.128. The molecular weight excluding hydrogens is 342 g/mol. The Labute approximate surface area is 137 Å². The number of nitrogens with zero attached hydrogens (tertiary/aromatic N) is 1. The molecule has 1 heterocycles. The normalized spacial score (nSPS) is 11.2. The average molecular weight is 356 g/mol. The summed E-state index contributed by atoms with van der Waals surface area (Å²) in [6.07, 6.45) is 5.09. The second kappa shape index (κ2) is 6.20. The number of carbonyl (C=O) groups is 1. The second-order valence-electron chi connectivity index (χ2n) is 4.95. The Kier molecular flexibility index (Phi) is 4.11. The SMILES string of the molecule is Cn1cccc1/C=C/C(=O)Oc1ccc2cc(Br)ccc2c1. The second-order valence-corrected chi connectivity index (χ2v) is 5.87. The predicted octanol–water partition coefficient (Wildman–Crippen LogP) is 4.56. The Morgan fingerprint density at radius 3 is 2.68 bits per heavy atom. The van der Waals surface area contributed by atoms with Gasteiger partial charge in [-0.15, -0.1) is 0 Å². The first-order valence-corrected chi connectivity index (χ1v) is 7.62. The van der Waals surface area contributed by atoms with Gasteiger partial charge in [0.1, 0.15) is 5.75 Å². The van der Waals surface area contributed by atoms with Gasteiger partial charge >= 0.3 is 5.97 Å². The molecule has 0 aliphatic rings. The van der Waals surface area contributed by atoms with Crippen molar-refractivity contribution in [2.45, 2.75) is 0 Å². The summed E-state index contributed by atoms with van der Waals surface area (Å²) in [5, 5.41) is 2.12. The van der Waals surface area contributed by atoms with E-state index in [1.54, 1.807) is 12.1 Å². The Morgan fingerprint density at radius 2 is 1.91 bits per heavy atom. The largest absolute Gasteiger partial charge is 0.423 e. The van der Waals surface area contributed by atoms with E-state index in [1.165, 1.54) is 6.08 Å². The molecule has 0 radical (unpaired) electrons. The summed E-state index contributed by atoms with van der Waals surface area (Å²) in [6, 6.07) is 15.4. The number of ether oxygens (including phenoxy) is 1. The van der Waals surface area contributed by atoms with Gasteiger partial charge in [0, 0.05) is 29.5 Å². The Morgan fingerprint density at radius 1 is 1.14 bits per heavy atom. The van der Waals surface area contributed by atoms with Crippen molar-refractivity contribution >= 4 is 38.7 Å². The average Bonchev–Trinajstić information content (AvgIpc) is 2.91. The van der Waals surface area contributed by atoms with Crippen LogP contribution >= 0.6 is 15.9 Å². The molecular formula is C18H14BrNO2. The van der Waals surface area contributed by atoms with E-state index in [-0.39, 0.29) is 0 Å². The van der Waals surface area contributed by atoms with Gasteiger partial charge in [-0.05, 0) is 53.2 Å². The maximum atomic E-state index is 11.9. The minimum Gasteiger partial charge on any atom is -0.423 e. The first-order valence-electron chi connectivity index (χ1n) is 6.82. The van der Waals surface area contributed by atoms with Crippen molar-refractivity contribution < 1.29 is 9.53 Å². The van der Waals surface area contributed by atoms with Crippen molar-refractivity contribution in [3.05, 3.63) is 71.0 Å². The van der Waals surface area contributed by atoms with E-state index >= 15 is 0 Å². The molecule has 3 rings (SSSR count). The van der Waals surface area contributed by atoms with Crippen LogP contribution in [0.2, 0.25) is 0 Å². The lowest BCUT2D eigenvalue weighted by Crippen LogP contribution is -2.03. The van der Waals surface area contributed by atoms with Crippen molar-refractivity contribution in [1.82, 2.24) is 4.57 Å². The van der Waals surface area contributed by atoms with Gasteiger partial charge in [0.15, 0.2) is 0 Å². The van der Waals surface area contributed by atoms with Crippen LogP contribution < -0.4 is 4.74 Å². The minimum absolute atomic E-state index is 0.391. The molecule has 0 saturated heterocycles. The Balaban J connectivity index is 1.75. The molecule has 3 nitrogen and oxygen atoms in total. The fourth-order valence-corrected chi connectivity index (χ4v) is 2.59. The molecule has 1 aromatic heterocycles. The van der Waals surface area contributed by atoms with E-state index in [0.717, 1.165) is 20.9 Å². The third-order valence-electron chi connectivity index (χ3n) is 3.37. The zero-order valence-electron chi connectivity index (χ0n) is 12.0. The number of hydrogen-bond donors (Lipinski definition) is 0. The van der Waals surface area contributed by atoms with Gasteiger partial charge in [0.25, 0.3) is 0 Å². The van der Waals surface area contributed by atoms with Gasteiger partial charge in [0.05, 0.1) is 0 Å². The highest BCUT2D eigenvalue weighted by molar-refractivity contribution is 9.10. The Bertz CT molecular complexity index is 864. The van der Waals surface area contributed by atoms with E-state index in [4.69, 9.17) is 4.74 Å². The molecule has 0 bridgehead atoms. The van der Waals surface area contributed by atoms with Crippen LogP contribution in [0.3, 0.4) is 0 Å². The number of aromatic nitrogens is 1. The molecule has 0 saturated carbocycles. The molecule has 3 aromatic rings. The number of esters is 1. The summed E-state index contributed by atoms with van der Waals surface area (Å²) in [5.74, 6) is 0.147. The van der Waals surface area contributed by atoms with E-state index in [1.807, 2.05) is 60.3 Å². The van der Waals surface area contributed by atoms with Crippen LogP contribution in [0, 0.1) is 0 Å². The minimum atomic E-state index is -0.391. The van der Waals surface area contributed by atoms with Gasteiger partial charge in [0.2, 0.25) is 0 Å². The summed E-state index contributed by atoms with van der Waals surface area (Å²) < 4.78 is 8.30. The molecule has 0 unspecified atom stereocenters. The highest BCUT2D eigenvalue weighted by Crippen LogP contribution is 2.24. The molecule has 0 aliphatic carbocycles. The maximum absolute atomic E-state index is 11.9. The zero-order valence-corrected chi connectivity index (χ0v) is 13.6. The van der Waals surface area contributed by atoms with E-state index in [9.17, 15) is 4.79 Å². The van der Waals surface area contributed by atoms with Gasteiger partial charge in [-0.1, -0.05) is 28.1 Å². The Hall–Kier alpha value is -2.33. The lowest BCUT2D eigenvalue weighted by Gasteiger charge is -2.04. The summed E-state index contributed by atoms with van der Waals surface area (Å²) in [6.45, 7) is 0. The van der Waals surface area contributed by atoms with E-state index < -0.39 is 5.97 Å². The zero-order chi connectivity index (χ0) is 15.5. The molecule has 0 atom stereocenters. The van der Waals surface area contributed by atoms with Crippen molar-refractivity contribution in [3.8, 4) is 5.75 Å². The van der Waals surface area contributed by atoms with E-state index in [2.05, 4.69) is 15.9 Å². The third-order valence-corrected chi connectivity index (χ3v) is 3.86. The third kappa shape index (κ3) is 3.28. The van der Waals surface area contributed by atoms with Crippen molar-refractivity contribution in [1.29, 1.82) is 0 Å². The fraction of sp³-hybridized carbons (Fsp3) is 0.0556. The van der Waals surface area contributed by atoms with Crippen LogP contribution in [0.5, 0.6) is 5.75 Å². The van der Waals surface area contributed by atoms with Crippen LogP contribution in [-0.4, -0.2) is 10.5 Å². The predicted molar refractivity (Wildman–Crippen MR) is 91.7 cm³/mol. The van der Waals surface area contributed by atoms with Gasteiger partial charge in [-0.2, -0.15) is 0 Å². The van der Waals surface area contributed by atoms with Crippen LogP contribution in [0.4, 0.5) is 0 Å². The van der Waals surface area contributed by atoms with Crippen LogP contribution in [-0.2, 0) is 11.8 Å². The number of rotatable bonds is 3. The summed E-state index contributed by atoms with van der Waals surface area (Å²) in [4.78, 5) is 11.9. The van der Waals surface area contributed by atoms with Crippen molar-refractivity contribution in [3.63, 3.8) is 0 Å². The maximum Gasteiger partial charge on any atom is 0.336 e. The summed E-state index contributed by atoms with van der Waals surface area (Å²) in [5.41, 5.74) is 0.945. The van der Waals surface area contributed by atoms with Gasteiger partial charge < -0.3 is 9.30 Å². The van der Waals surface area contributed by atoms with Crippen LogP contribution in [0.25, 0.3) is 16.8 Å².